The maximum absolute atomic E-state index is 13.0. The van der Waals surface area contributed by atoms with Crippen LogP contribution >= 0.6 is 0 Å². The van der Waals surface area contributed by atoms with Gasteiger partial charge in [0.05, 0.1) is 33.3 Å². The number of fused-ring (bicyclic) bond motifs is 2. The van der Waals surface area contributed by atoms with Crippen molar-refractivity contribution in [1.82, 2.24) is 30.3 Å². The zero-order valence-corrected chi connectivity index (χ0v) is 17.8. The van der Waals surface area contributed by atoms with Crippen molar-refractivity contribution in [3.8, 4) is 0 Å². The first-order valence-electron chi connectivity index (χ1n) is 9.75. The number of carbonyl (C=O) groups excluding carboxylic acids is 1. The van der Waals surface area contributed by atoms with Gasteiger partial charge in [-0.15, -0.1) is 0 Å². The largest absolute Gasteiger partial charge is 0.348 e. The van der Waals surface area contributed by atoms with Gasteiger partial charge in [0.25, 0.3) is 5.91 Å². The zero-order valence-electron chi connectivity index (χ0n) is 17.0. The van der Waals surface area contributed by atoms with E-state index < -0.39 is 9.84 Å². The first-order chi connectivity index (χ1) is 15.4. The molecule has 0 fully saturated rings. The van der Waals surface area contributed by atoms with Crippen LogP contribution < -0.4 is 5.32 Å². The van der Waals surface area contributed by atoms with E-state index in [9.17, 15) is 13.2 Å². The Balaban J connectivity index is 1.31. The Bertz CT molecular complexity index is 1570. The predicted molar refractivity (Wildman–Crippen MR) is 118 cm³/mol. The fourth-order valence-electron chi connectivity index (χ4n) is 3.46. The third-order valence-electron chi connectivity index (χ3n) is 5.27. The number of H-pyrrole nitrogens is 1. The molecule has 0 saturated carbocycles. The van der Waals surface area contributed by atoms with Crippen LogP contribution in [0.4, 0.5) is 0 Å². The predicted octanol–water partition coefficient (Wildman–Crippen LogP) is 2.61. The molecule has 2 N–H and O–H groups in total. The SMILES string of the molecule is Cn1ncc2ccc(S(=O)(=O)c3ccc(CNC(=O)c4cnc5[nH]ncc5c4)cc3)cc21. The topological polar surface area (TPSA) is 123 Å². The Morgan fingerprint density at radius 2 is 1.78 bits per heavy atom. The van der Waals surface area contributed by atoms with Crippen molar-refractivity contribution >= 4 is 37.7 Å². The van der Waals surface area contributed by atoms with Gasteiger partial charge < -0.3 is 5.32 Å². The van der Waals surface area contributed by atoms with E-state index in [0.717, 1.165) is 21.9 Å². The summed E-state index contributed by atoms with van der Waals surface area (Å²) in [6, 6.07) is 13.1. The molecule has 3 heterocycles. The van der Waals surface area contributed by atoms with Gasteiger partial charge in [0, 0.05) is 30.6 Å². The molecule has 5 aromatic rings. The number of benzene rings is 2. The molecular weight excluding hydrogens is 428 g/mol. The van der Waals surface area contributed by atoms with Gasteiger partial charge in [-0.3, -0.25) is 14.6 Å². The van der Waals surface area contributed by atoms with Crippen LogP contribution in [-0.4, -0.2) is 39.3 Å². The molecule has 0 bridgehead atoms. The van der Waals surface area contributed by atoms with Gasteiger partial charge in [-0.2, -0.15) is 10.2 Å². The fraction of sp³-hybridized carbons (Fsp3) is 0.0909. The average molecular weight is 446 g/mol. The van der Waals surface area contributed by atoms with Gasteiger partial charge in [0.2, 0.25) is 9.84 Å². The molecule has 10 heteroatoms. The molecule has 0 aliphatic heterocycles. The Morgan fingerprint density at radius 3 is 2.59 bits per heavy atom. The van der Waals surface area contributed by atoms with E-state index in [-0.39, 0.29) is 22.2 Å². The summed E-state index contributed by atoms with van der Waals surface area (Å²) in [4.78, 5) is 17.0. The minimum atomic E-state index is -3.68. The van der Waals surface area contributed by atoms with Gasteiger partial charge in [0.15, 0.2) is 5.65 Å². The Hall–Kier alpha value is -4.05. The highest BCUT2D eigenvalue weighted by Crippen LogP contribution is 2.25. The highest BCUT2D eigenvalue weighted by atomic mass is 32.2. The highest BCUT2D eigenvalue weighted by Gasteiger charge is 2.19. The first-order valence-corrected chi connectivity index (χ1v) is 11.2. The van der Waals surface area contributed by atoms with Crippen LogP contribution in [0.5, 0.6) is 0 Å². The Morgan fingerprint density at radius 1 is 1.00 bits per heavy atom. The molecule has 3 aromatic heterocycles. The summed E-state index contributed by atoms with van der Waals surface area (Å²) >= 11 is 0. The summed E-state index contributed by atoms with van der Waals surface area (Å²) in [5, 5.41) is 15.2. The van der Waals surface area contributed by atoms with Crippen molar-refractivity contribution < 1.29 is 13.2 Å². The average Bonchev–Trinajstić information content (AvgIpc) is 3.43. The van der Waals surface area contributed by atoms with Crippen molar-refractivity contribution in [2.24, 2.45) is 7.05 Å². The number of rotatable bonds is 5. The molecule has 0 atom stereocenters. The number of amides is 1. The fourth-order valence-corrected chi connectivity index (χ4v) is 4.74. The van der Waals surface area contributed by atoms with E-state index in [4.69, 9.17) is 0 Å². The smallest absolute Gasteiger partial charge is 0.253 e. The quantitative estimate of drug-likeness (QED) is 0.428. The van der Waals surface area contributed by atoms with Gasteiger partial charge >= 0.3 is 0 Å². The maximum atomic E-state index is 13.0. The molecule has 0 aliphatic rings. The lowest BCUT2D eigenvalue weighted by molar-refractivity contribution is 0.0950. The lowest BCUT2D eigenvalue weighted by Gasteiger charge is -2.08. The summed E-state index contributed by atoms with van der Waals surface area (Å²) in [7, 11) is -1.91. The van der Waals surface area contributed by atoms with Crippen molar-refractivity contribution in [1.29, 1.82) is 0 Å². The van der Waals surface area contributed by atoms with E-state index in [1.165, 1.54) is 6.20 Å². The van der Waals surface area contributed by atoms with Crippen LogP contribution in [0.15, 0.2) is 76.9 Å². The molecule has 9 nitrogen and oxygen atoms in total. The number of hydrogen-bond acceptors (Lipinski definition) is 6. The minimum Gasteiger partial charge on any atom is -0.348 e. The normalized spacial score (nSPS) is 11.8. The minimum absolute atomic E-state index is 0.184. The second kappa shape index (κ2) is 7.57. The van der Waals surface area contributed by atoms with Crippen LogP contribution in [0.2, 0.25) is 0 Å². The molecule has 0 unspecified atom stereocenters. The third-order valence-corrected chi connectivity index (χ3v) is 7.04. The van der Waals surface area contributed by atoms with Gasteiger partial charge in [-0.25, -0.2) is 13.4 Å². The molecular formula is C22H18N6O3S. The van der Waals surface area contributed by atoms with E-state index in [1.54, 1.807) is 72.7 Å². The standard InChI is InChI=1S/C22H18N6O3S/c1-28-20-9-19(7-4-15(20)13-26-28)32(30,31)18-5-2-14(3-6-18)10-24-22(29)17-8-16-12-25-27-21(16)23-11-17/h2-9,11-13H,10H2,1H3,(H,24,29)(H,23,25,27). The number of aromatic amines is 1. The van der Waals surface area contributed by atoms with Crippen LogP contribution in [0.3, 0.4) is 0 Å². The number of aryl methyl sites for hydroxylation is 1. The molecule has 2 aromatic carbocycles. The van der Waals surface area contributed by atoms with Crippen LogP contribution in [0.1, 0.15) is 15.9 Å². The number of hydrogen-bond donors (Lipinski definition) is 2. The van der Waals surface area contributed by atoms with Gasteiger partial charge in [-0.05, 0) is 42.0 Å². The number of nitrogens with one attached hydrogen (secondary N) is 2. The highest BCUT2D eigenvalue weighted by molar-refractivity contribution is 7.91. The van der Waals surface area contributed by atoms with E-state index >= 15 is 0 Å². The lowest BCUT2D eigenvalue weighted by atomic mass is 10.2. The van der Waals surface area contributed by atoms with Crippen molar-refractivity contribution in [2.45, 2.75) is 16.3 Å². The van der Waals surface area contributed by atoms with Gasteiger partial charge in [-0.1, -0.05) is 12.1 Å². The zero-order chi connectivity index (χ0) is 22.3. The number of aromatic nitrogens is 5. The maximum Gasteiger partial charge on any atom is 0.253 e. The molecule has 0 radical (unpaired) electrons. The molecule has 0 spiro atoms. The number of pyridine rings is 1. The van der Waals surface area contributed by atoms with E-state index in [2.05, 4.69) is 25.6 Å². The van der Waals surface area contributed by atoms with E-state index in [1.807, 2.05) is 0 Å². The van der Waals surface area contributed by atoms with Crippen molar-refractivity contribution in [3.63, 3.8) is 0 Å². The molecule has 32 heavy (non-hydrogen) atoms. The van der Waals surface area contributed by atoms with Crippen LogP contribution in [-0.2, 0) is 23.4 Å². The summed E-state index contributed by atoms with van der Waals surface area (Å²) in [5.74, 6) is -0.276. The van der Waals surface area contributed by atoms with Crippen molar-refractivity contribution in [3.05, 3.63) is 78.2 Å². The van der Waals surface area contributed by atoms with E-state index in [0.29, 0.717) is 11.2 Å². The Labute approximate surface area is 183 Å². The summed E-state index contributed by atoms with van der Waals surface area (Å²) in [6.45, 7) is 0.254. The monoisotopic (exact) mass is 446 g/mol. The number of nitrogens with zero attached hydrogens (tertiary/aromatic N) is 4. The van der Waals surface area contributed by atoms with Crippen molar-refractivity contribution in [2.75, 3.05) is 0 Å². The van der Waals surface area contributed by atoms with Crippen LogP contribution in [0, 0.1) is 0 Å². The summed E-state index contributed by atoms with van der Waals surface area (Å²) in [6.07, 6.45) is 4.77. The number of sulfone groups is 1. The molecule has 160 valence electrons. The van der Waals surface area contributed by atoms with Gasteiger partial charge in [0.1, 0.15) is 0 Å². The summed E-state index contributed by atoms with van der Waals surface area (Å²) < 4.78 is 27.7. The number of carbonyl (C=O) groups is 1. The molecule has 5 rings (SSSR count). The van der Waals surface area contributed by atoms with Crippen LogP contribution in [0.25, 0.3) is 21.9 Å². The second-order valence-electron chi connectivity index (χ2n) is 7.35. The molecule has 1 amide bonds. The Kier molecular flexibility index (Phi) is 4.71. The molecule has 0 saturated heterocycles. The second-order valence-corrected chi connectivity index (χ2v) is 9.30. The third kappa shape index (κ3) is 3.50. The lowest BCUT2D eigenvalue weighted by Crippen LogP contribution is -2.22. The summed E-state index contributed by atoms with van der Waals surface area (Å²) in [5.41, 5.74) is 2.55. The molecule has 0 aliphatic carbocycles. The first kappa shape index (κ1) is 19.9.